The van der Waals surface area contributed by atoms with E-state index >= 15 is 0 Å². The van der Waals surface area contributed by atoms with Crippen molar-refractivity contribution in [3.05, 3.63) is 42.0 Å². The van der Waals surface area contributed by atoms with Gasteiger partial charge >= 0.3 is 0 Å². The summed E-state index contributed by atoms with van der Waals surface area (Å²) in [5, 5.41) is 4.62. The summed E-state index contributed by atoms with van der Waals surface area (Å²) in [6.45, 7) is 3.63. The number of fused-ring (bicyclic) bond motifs is 1. The highest BCUT2D eigenvalue weighted by Crippen LogP contribution is 2.33. The van der Waals surface area contributed by atoms with E-state index in [0.717, 1.165) is 16.3 Å². The summed E-state index contributed by atoms with van der Waals surface area (Å²) < 4.78 is 5.88. The zero-order valence-electron chi connectivity index (χ0n) is 12.0. The molecule has 2 rings (SSSR count). The molecule has 20 heavy (non-hydrogen) atoms. The maximum absolute atomic E-state index is 11.7. The number of hydrogen-bond donors (Lipinski definition) is 2. The Balaban J connectivity index is 2.52. The lowest BCUT2D eigenvalue weighted by atomic mass is 10.0. The van der Waals surface area contributed by atoms with Gasteiger partial charge in [-0.15, -0.1) is 0 Å². The smallest absolute Gasteiger partial charge is 0.260 e. The first-order valence-electron chi connectivity index (χ1n) is 6.70. The van der Waals surface area contributed by atoms with Gasteiger partial charge in [0.05, 0.1) is 0 Å². The maximum atomic E-state index is 11.7. The zero-order valence-corrected chi connectivity index (χ0v) is 12.0. The highest BCUT2D eigenvalue weighted by molar-refractivity contribution is 5.90. The highest BCUT2D eigenvalue weighted by Gasteiger charge is 2.18. The second kappa shape index (κ2) is 5.92. The molecule has 1 amide bonds. The monoisotopic (exact) mass is 272 g/mol. The van der Waals surface area contributed by atoms with E-state index < -0.39 is 6.10 Å². The maximum Gasteiger partial charge on any atom is 0.260 e. The summed E-state index contributed by atoms with van der Waals surface area (Å²) in [6, 6.07) is 11.7. The first-order valence-corrected chi connectivity index (χ1v) is 6.70. The molecule has 4 heteroatoms. The quantitative estimate of drug-likeness (QED) is 0.898. The molecule has 0 bridgehead atoms. The molecule has 3 N–H and O–H groups in total. The number of rotatable bonds is 4. The lowest BCUT2D eigenvalue weighted by molar-refractivity contribution is -0.126. The number of likely N-dealkylation sites (N-methyl/N-ethyl adjacent to an activating group) is 1. The first-order chi connectivity index (χ1) is 9.54. The molecule has 4 nitrogen and oxygen atoms in total. The van der Waals surface area contributed by atoms with Crippen LogP contribution in [0.5, 0.6) is 5.75 Å². The first kappa shape index (κ1) is 14.3. The van der Waals surface area contributed by atoms with Crippen molar-refractivity contribution >= 4 is 16.7 Å². The van der Waals surface area contributed by atoms with Gasteiger partial charge in [-0.25, -0.2) is 0 Å². The minimum Gasteiger partial charge on any atom is -0.480 e. The van der Waals surface area contributed by atoms with Crippen molar-refractivity contribution in [3.8, 4) is 5.75 Å². The second-order valence-corrected chi connectivity index (χ2v) is 4.87. The predicted octanol–water partition coefficient (Wildman–Crippen LogP) is 2.37. The van der Waals surface area contributed by atoms with E-state index in [9.17, 15) is 4.79 Å². The van der Waals surface area contributed by atoms with Crippen LogP contribution in [0.3, 0.4) is 0 Å². The summed E-state index contributed by atoms with van der Waals surface area (Å²) in [5.74, 6) is 0.530. The predicted molar refractivity (Wildman–Crippen MR) is 80.7 cm³/mol. The summed E-state index contributed by atoms with van der Waals surface area (Å²) in [6.07, 6.45) is -0.566. The second-order valence-electron chi connectivity index (χ2n) is 4.87. The topological polar surface area (TPSA) is 64.3 Å². The number of carbonyl (C=O) groups is 1. The Bertz CT molecular complexity index is 623. The van der Waals surface area contributed by atoms with Crippen LogP contribution in [0, 0.1) is 0 Å². The molecule has 2 aromatic carbocycles. The molecule has 2 atom stereocenters. The van der Waals surface area contributed by atoms with E-state index in [4.69, 9.17) is 10.5 Å². The fourth-order valence-electron chi connectivity index (χ4n) is 2.18. The molecule has 0 aromatic heterocycles. The Labute approximate surface area is 118 Å². The van der Waals surface area contributed by atoms with E-state index in [-0.39, 0.29) is 11.9 Å². The van der Waals surface area contributed by atoms with Gasteiger partial charge in [0.15, 0.2) is 6.10 Å². The van der Waals surface area contributed by atoms with Crippen LogP contribution in [0.4, 0.5) is 0 Å². The van der Waals surface area contributed by atoms with Crippen LogP contribution >= 0.6 is 0 Å². The number of amides is 1. The minimum absolute atomic E-state index is 0.159. The van der Waals surface area contributed by atoms with E-state index in [2.05, 4.69) is 5.32 Å². The third kappa shape index (κ3) is 2.75. The highest BCUT2D eigenvalue weighted by atomic mass is 16.5. The van der Waals surface area contributed by atoms with Gasteiger partial charge in [-0.05, 0) is 19.2 Å². The molecule has 106 valence electrons. The van der Waals surface area contributed by atoms with Gasteiger partial charge in [0.25, 0.3) is 5.91 Å². The number of hydrogen-bond acceptors (Lipinski definition) is 3. The number of nitrogens with two attached hydrogens (primary N) is 1. The average Bonchev–Trinajstić information content (AvgIpc) is 2.46. The molecule has 0 saturated carbocycles. The van der Waals surface area contributed by atoms with Gasteiger partial charge in [-0.3, -0.25) is 4.79 Å². The van der Waals surface area contributed by atoms with Crippen molar-refractivity contribution < 1.29 is 9.53 Å². The average molecular weight is 272 g/mol. The van der Waals surface area contributed by atoms with E-state index in [0.29, 0.717) is 5.75 Å². The Morgan fingerprint density at radius 1 is 1.20 bits per heavy atom. The fourth-order valence-corrected chi connectivity index (χ4v) is 2.18. The molecule has 0 radical (unpaired) electrons. The third-order valence-electron chi connectivity index (χ3n) is 3.31. The van der Waals surface area contributed by atoms with Gasteiger partial charge in [-0.2, -0.15) is 0 Å². The lowest BCUT2D eigenvalue weighted by Crippen LogP contribution is -2.34. The summed E-state index contributed by atoms with van der Waals surface area (Å²) in [4.78, 5) is 11.7. The van der Waals surface area contributed by atoms with Crippen molar-refractivity contribution in [1.82, 2.24) is 5.32 Å². The van der Waals surface area contributed by atoms with Crippen LogP contribution < -0.4 is 15.8 Å². The summed E-state index contributed by atoms with van der Waals surface area (Å²) in [5.41, 5.74) is 6.91. The zero-order chi connectivity index (χ0) is 14.7. The SMILES string of the molecule is CNC(=O)C(C)Oc1c([C@H](C)N)ccc2ccccc12. The normalized spacial score (nSPS) is 13.8. The van der Waals surface area contributed by atoms with E-state index in [1.54, 1.807) is 14.0 Å². The molecule has 1 unspecified atom stereocenters. The summed E-state index contributed by atoms with van der Waals surface area (Å²) >= 11 is 0. The minimum atomic E-state index is -0.566. The largest absolute Gasteiger partial charge is 0.480 e. The van der Waals surface area contributed by atoms with Crippen molar-refractivity contribution in [2.45, 2.75) is 26.0 Å². The van der Waals surface area contributed by atoms with Crippen LogP contribution in [-0.4, -0.2) is 19.1 Å². The fraction of sp³-hybridized carbons (Fsp3) is 0.312. The Kier molecular flexibility index (Phi) is 4.25. The van der Waals surface area contributed by atoms with Crippen molar-refractivity contribution in [2.24, 2.45) is 5.73 Å². The third-order valence-corrected chi connectivity index (χ3v) is 3.31. The molecule has 0 fully saturated rings. The lowest BCUT2D eigenvalue weighted by Gasteiger charge is -2.20. The van der Waals surface area contributed by atoms with Crippen molar-refractivity contribution in [1.29, 1.82) is 0 Å². The van der Waals surface area contributed by atoms with Gasteiger partial charge in [-0.1, -0.05) is 36.4 Å². The number of nitrogens with one attached hydrogen (secondary N) is 1. The molecule has 0 spiro atoms. The number of ether oxygens (including phenoxy) is 1. The Hall–Kier alpha value is -2.07. The standard InChI is InChI=1S/C16H20N2O2/c1-10(17)13-9-8-12-6-4-5-7-14(12)15(13)20-11(2)16(19)18-3/h4-11H,17H2,1-3H3,(H,18,19)/t10-,11?/m0/s1. The molecule has 0 aliphatic carbocycles. The van der Waals surface area contributed by atoms with Gasteiger partial charge in [0.2, 0.25) is 0 Å². The van der Waals surface area contributed by atoms with Crippen LogP contribution in [0.15, 0.2) is 36.4 Å². The van der Waals surface area contributed by atoms with Gasteiger partial charge in [0.1, 0.15) is 5.75 Å². The molecular formula is C16H20N2O2. The Morgan fingerprint density at radius 3 is 2.55 bits per heavy atom. The van der Waals surface area contributed by atoms with E-state index in [1.807, 2.05) is 43.3 Å². The van der Waals surface area contributed by atoms with Crippen LogP contribution in [0.2, 0.25) is 0 Å². The molecule has 0 saturated heterocycles. The van der Waals surface area contributed by atoms with Crippen LogP contribution in [0.1, 0.15) is 25.5 Å². The van der Waals surface area contributed by atoms with E-state index in [1.165, 1.54) is 0 Å². The van der Waals surface area contributed by atoms with Crippen molar-refractivity contribution in [3.63, 3.8) is 0 Å². The van der Waals surface area contributed by atoms with Crippen molar-refractivity contribution in [2.75, 3.05) is 7.05 Å². The molecule has 0 heterocycles. The molecular weight excluding hydrogens is 252 g/mol. The summed E-state index contributed by atoms with van der Waals surface area (Å²) in [7, 11) is 1.60. The Morgan fingerprint density at radius 2 is 1.90 bits per heavy atom. The number of carbonyl (C=O) groups excluding carboxylic acids is 1. The molecule has 0 aliphatic heterocycles. The van der Waals surface area contributed by atoms with Gasteiger partial charge < -0.3 is 15.8 Å². The number of benzene rings is 2. The van der Waals surface area contributed by atoms with Crippen LogP contribution in [0.25, 0.3) is 10.8 Å². The van der Waals surface area contributed by atoms with Crippen LogP contribution in [-0.2, 0) is 4.79 Å². The molecule has 0 aliphatic rings. The van der Waals surface area contributed by atoms with Gasteiger partial charge in [0, 0.05) is 24.0 Å². The molecule has 2 aromatic rings.